The van der Waals surface area contributed by atoms with Gasteiger partial charge in [-0.05, 0) is 25.1 Å². The van der Waals surface area contributed by atoms with E-state index in [4.69, 9.17) is 10.5 Å². The van der Waals surface area contributed by atoms with Crippen LogP contribution < -0.4 is 11.1 Å². The fourth-order valence-electron chi connectivity index (χ4n) is 1.75. The number of rotatable bonds is 4. The monoisotopic (exact) mass is 248 g/mol. The first-order valence-electron chi connectivity index (χ1n) is 5.64. The molecule has 0 aliphatic rings. The van der Waals surface area contributed by atoms with E-state index in [0.29, 0.717) is 5.69 Å². The minimum absolute atomic E-state index is 0.147. The number of H-pyrrole nitrogens is 1. The molecule has 0 saturated carbocycles. The molecule has 6 heteroatoms. The number of amides is 1. The predicted molar refractivity (Wildman–Crippen MR) is 69.3 cm³/mol. The number of carbonyl (C=O) groups is 1. The molecule has 0 aliphatic heterocycles. The van der Waals surface area contributed by atoms with Crippen molar-refractivity contribution in [1.82, 2.24) is 9.97 Å². The zero-order valence-electron chi connectivity index (χ0n) is 10.4. The second-order valence-electron chi connectivity index (χ2n) is 4.00. The summed E-state index contributed by atoms with van der Waals surface area (Å²) in [7, 11) is 1.46. The maximum atomic E-state index is 11.8. The topological polar surface area (TPSA) is 93.0 Å². The lowest BCUT2D eigenvalue weighted by atomic mass is 10.2. The van der Waals surface area contributed by atoms with Crippen molar-refractivity contribution in [2.75, 3.05) is 19.0 Å². The van der Waals surface area contributed by atoms with Crippen molar-refractivity contribution in [2.45, 2.75) is 13.0 Å². The predicted octanol–water partition coefficient (Wildman–Crippen LogP) is 0.784. The molecule has 1 unspecified atom stereocenters. The lowest BCUT2D eigenvalue weighted by molar-refractivity contribution is -0.125. The second kappa shape index (κ2) is 5.16. The largest absolute Gasteiger partial charge is 0.370 e. The van der Waals surface area contributed by atoms with E-state index in [2.05, 4.69) is 15.3 Å². The molecule has 2 aromatic rings. The third-order valence-corrected chi connectivity index (χ3v) is 2.66. The van der Waals surface area contributed by atoms with Crippen LogP contribution in [0, 0.1) is 6.92 Å². The number of nitrogens with zero attached hydrogens (tertiary/aromatic N) is 1. The normalized spacial score (nSPS) is 12.6. The van der Waals surface area contributed by atoms with E-state index >= 15 is 0 Å². The quantitative estimate of drug-likeness (QED) is 0.745. The van der Waals surface area contributed by atoms with E-state index in [0.717, 1.165) is 16.9 Å². The van der Waals surface area contributed by atoms with Crippen molar-refractivity contribution in [3.05, 3.63) is 24.0 Å². The van der Waals surface area contributed by atoms with Gasteiger partial charge in [-0.1, -0.05) is 0 Å². The Morgan fingerprint density at radius 1 is 1.61 bits per heavy atom. The van der Waals surface area contributed by atoms with Crippen LogP contribution in [0.5, 0.6) is 0 Å². The summed E-state index contributed by atoms with van der Waals surface area (Å²) >= 11 is 0. The summed E-state index contributed by atoms with van der Waals surface area (Å²) in [6, 6.07) is 5.47. The lowest BCUT2D eigenvalue weighted by Crippen LogP contribution is -2.35. The molecule has 1 aromatic carbocycles. The number of hydrogen-bond acceptors (Lipinski definition) is 4. The van der Waals surface area contributed by atoms with E-state index in [-0.39, 0.29) is 12.5 Å². The van der Waals surface area contributed by atoms with Crippen molar-refractivity contribution >= 4 is 22.6 Å². The van der Waals surface area contributed by atoms with E-state index in [1.54, 1.807) is 6.07 Å². The van der Waals surface area contributed by atoms with Crippen molar-refractivity contribution in [2.24, 2.45) is 5.73 Å². The molecule has 1 aromatic heterocycles. The number of anilines is 1. The van der Waals surface area contributed by atoms with E-state index in [1.165, 1.54) is 7.11 Å². The highest BCUT2D eigenvalue weighted by Crippen LogP contribution is 2.17. The molecule has 0 aliphatic carbocycles. The number of aryl methyl sites for hydroxylation is 1. The van der Waals surface area contributed by atoms with Crippen LogP contribution in [-0.2, 0) is 9.53 Å². The first kappa shape index (κ1) is 12.5. The van der Waals surface area contributed by atoms with E-state index < -0.39 is 6.10 Å². The van der Waals surface area contributed by atoms with Crippen LogP contribution in [0.1, 0.15) is 5.82 Å². The lowest BCUT2D eigenvalue weighted by Gasteiger charge is -2.12. The van der Waals surface area contributed by atoms with Gasteiger partial charge >= 0.3 is 0 Å². The van der Waals surface area contributed by atoms with Crippen LogP contribution in [0.2, 0.25) is 0 Å². The minimum Gasteiger partial charge on any atom is -0.370 e. The van der Waals surface area contributed by atoms with Crippen LogP contribution in [0.3, 0.4) is 0 Å². The highest BCUT2D eigenvalue weighted by molar-refractivity contribution is 5.96. The van der Waals surface area contributed by atoms with Crippen LogP contribution >= 0.6 is 0 Å². The number of imidazole rings is 1. The van der Waals surface area contributed by atoms with Gasteiger partial charge in [0, 0.05) is 19.3 Å². The number of ether oxygens (including phenoxy) is 1. The maximum Gasteiger partial charge on any atom is 0.254 e. The molecule has 96 valence electrons. The molecule has 6 nitrogen and oxygen atoms in total. The van der Waals surface area contributed by atoms with E-state index in [9.17, 15) is 4.79 Å². The molecule has 0 bridgehead atoms. The Balaban J connectivity index is 2.18. The molecule has 0 fully saturated rings. The first-order valence-corrected chi connectivity index (χ1v) is 5.64. The number of nitrogens with one attached hydrogen (secondary N) is 2. The standard InChI is InChI=1S/C12H16N4O2/c1-7-14-9-4-3-8(5-10(9)15-7)16-12(17)11(6-13)18-2/h3-5,11H,6,13H2,1-2H3,(H,14,15)(H,16,17). The summed E-state index contributed by atoms with van der Waals surface area (Å²) in [6.45, 7) is 2.03. The Kier molecular flexibility index (Phi) is 3.59. The zero-order chi connectivity index (χ0) is 13.1. The van der Waals surface area contributed by atoms with E-state index in [1.807, 2.05) is 19.1 Å². The van der Waals surface area contributed by atoms with Crippen molar-refractivity contribution < 1.29 is 9.53 Å². The fraction of sp³-hybridized carbons (Fsp3) is 0.333. The van der Waals surface area contributed by atoms with Gasteiger partial charge < -0.3 is 20.8 Å². The average Bonchev–Trinajstić information content (AvgIpc) is 2.70. The maximum absolute atomic E-state index is 11.8. The number of benzene rings is 1. The van der Waals surface area contributed by atoms with Gasteiger partial charge in [-0.2, -0.15) is 0 Å². The van der Waals surface area contributed by atoms with Gasteiger partial charge in [-0.25, -0.2) is 4.98 Å². The molecule has 1 heterocycles. The fourth-order valence-corrected chi connectivity index (χ4v) is 1.75. The van der Waals surface area contributed by atoms with Gasteiger partial charge in [0.1, 0.15) is 11.9 Å². The third kappa shape index (κ3) is 2.49. The number of nitrogens with two attached hydrogens (primary N) is 1. The van der Waals surface area contributed by atoms with Gasteiger partial charge in [-0.3, -0.25) is 4.79 Å². The minimum atomic E-state index is -0.635. The molecule has 1 amide bonds. The van der Waals surface area contributed by atoms with Gasteiger partial charge in [0.25, 0.3) is 5.91 Å². The number of carbonyl (C=O) groups excluding carboxylic acids is 1. The van der Waals surface area contributed by atoms with Crippen molar-refractivity contribution in [1.29, 1.82) is 0 Å². The number of methoxy groups -OCH3 is 1. The van der Waals surface area contributed by atoms with Gasteiger partial charge in [0.05, 0.1) is 11.0 Å². The summed E-state index contributed by atoms with van der Waals surface area (Å²) in [5.41, 5.74) is 7.87. The molecule has 1 atom stereocenters. The summed E-state index contributed by atoms with van der Waals surface area (Å²) in [4.78, 5) is 19.2. The Morgan fingerprint density at radius 2 is 2.39 bits per heavy atom. The Labute approximate surface area is 105 Å². The average molecular weight is 248 g/mol. The highest BCUT2D eigenvalue weighted by Gasteiger charge is 2.15. The zero-order valence-corrected chi connectivity index (χ0v) is 10.4. The van der Waals surface area contributed by atoms with Crippen LogP contribution in [0.4, 0.5) is 5.69 Å². The molecule has 4 N–H and O–H groups in total. The van der Waals surface area contributed by atoms with Gasteiger partial charge in [0.2, 0.25) is 0 Å². The summed E-state index contributed by atoms with van der Waals surface area (Å²) in [5.74, 6) is 0.584. The number of aromatic amines is 1. The molecule has 0 saturated heterocycles. The Bertz CT molecular complexity index is 560. The molecular weight excluding hydrogens is 232 g/mol. The smallest absolute Gasteiger partial charge is 0.254 e. The first-order chi connectivity index (χ1) is 8.63. The Morgan fingerprint density at radius 3 is 3.06 bits per heavy atom. The van der Waals surface area contributed by atoms with Gasteiger partial charge in [-0.15, -0.1) is 0 Å². The van der Waals surface area contributed by atoms with Gasteiger partial charge in [0.15, 0.2) is 0 Å². The summed E-state index contributed by atoms with van der Waals surface area (Å²) < 4.78 is 4.97. The molecule has 18 heavy (non-hydrogen) atoms. The van der Waals surface area contributed by atoms with Crippen LogP contribution in [0.15, 0.2) is 18.2 Å². The summed E-state index contributed by atoms with van der Waals surface area (Å²) in [6.07, 6.45) is -0.635. The summed E-state index contributed by atoms with van der Waals surface area (Å²) in [5, 5.41) is 2.75. The van der Waals surface area contributed by atoms with Crippen LogP contribution in [0.25, 0.3) is 11.0 Å². The second-order valence-corrected chi connectivity index (χ2v) is 4.00. The van der Waals surface area contributed by atoms with Crippen LogP contribution in [-0.4, -0.2) is 35.6 Å². The Hall–Kier alpha value is -1.92. The number of fused-ring (bicyclic) bond motifs is 1. The molecular formula is C12H16N4O2. The third-order valence-electron chi connectivity index (χ3n) is 2.66. The van der Waals surface area contributed by atoms with Crippen molar-refractivity contribution in [3.8, 4) is 0 Å². The molecule has 0 radical (unpaired) electrons. The molecule has 2 rings (SSSR count). The highest BCUT2D eigenvalue weighted by atomic mass is 16.5. The molecule has 0 spiro atoms. The number of hydrogen-bond donors (Lipinski definition) is 3. The SMILES string of the molecule is COC(CN)C(=O)Nc1ccc2nc(C)[nH]c2c1. The van der Waals surface area contributed by atoms with Crippen molar-refractivity contribution in [3.63, 3.8) is 0 Å². The number of aromatic nitrogens is 2.